The van der Waals surface area contributed by atoms with Crippen LogP contribution < -0.4 is 5.32 Å². The average molecular weight is 303 g/mol. The summed E-state index contributed by atoms with van der Waals surface area (Å²) >= 11 is 0. The average Bonchev–Trinajstić information content (AvgIpc) is 2.91. The smallest absolute Gasteiger partial charge is 0.307 e. The van der Waals surface area contributed by atoms with Crippen molar-refractivity contribution in [2.45, 2.75) is 52.0 Å². The standard InChI is InChI=1S/C19H29NO2/c1-14(2)10-17(19(21)22)13-20-18-9-8-16(12-18)11-15-6-4-3-5-7-15/h3-7,14,16-18,20H,8-13H2,1-2H3,(H,21,22). The van der Waals surface area contributed by atoms with E-state index >= 15 is 0 Å². The van der Waals surface area contributed by atoms with E-state index in [2.05, 4.69) is 49.5 Å². The third kappa shape index (κ3) is 5.45. The van der Waals surface area contributed by atoms with E-state index in [1.165, 1.54) is 24.8 Å². The van der Waals surface area contributed by atoms with Crippen LogP contribution in [0.3, 0.4) is 0 Å². The van der Waals surface area contributed by atoms with Crippen LogP contribution in [-0.2, 0) is 11.2 Å². The zero-order chi connectivity index (χ0) is 15.9. The van der Waals surface area contributed by atoms with Crippen molar-refractivity contribution in [2.24, 2.45) is 17.8 Å². The molecule has 3 nitrogen and oxygen atoms in total. The molecule has 3 atom stereocenters. The summed E-state index contributed by atoms with van der Waals surface area (Å²) in [6.45, 7) is 4.78. The fraction of sp³-hybridized carbons (Fsp3) is 0.632. The van der Waals surface area contributed by atoms with Crippen molar-refractivity contribution in [3.05, 3.63) is 35.9 Å². The predicted molar refractivity (Wildman–Crippen MR) is 89.9 cm³/mol. The minimum absolute atomic E-state index is 0.256. The van der Waals surface area contributed by atoms with Crippen LogP contribution in [0.25, 0.3) is 0 Å². The Morgan fingerprint density at radius 3 is 2.64 bits per heavy atom. The van der Waals surface area contributed by atoms with Gasteiger partial charge in [0.2, 0.25) is 0 Å². The molecule has 122 valence electrons. The van der Waals surface area contributed by atoms with Crippen LogP contribution in [0.15, 0.2) is 30.3 Å². The van der Waals surface area contributed by atoms with Gasteiger partial charge in [0.05, 0.1) is 5.92 Å². The SMILES string of the molecule is CC(C)CC(CNC1CCC(Cc2ccccc2)C1)C(=O)O. The van der Waals surface area contributed by atoms with E-state index in [-0.39, 0.29) is 5.92 Å². The van der Waals surface area contributed by atoms with Crippen molar-refractivity contribution in [3.63, 3.8) is 0 Å². The van der Waals surface area contributed by atoms with Crippen LogP contribution in [0.5, 0.6) is 0 Å². The lowest BCUT2D eigenvalue weighted by Gasteiger charge is -2.19. The molecule has 2 rings (SSSR count). The van der Waals surface area contributed by atoms with Gasteiger partial charge in [-0.25, -0.2) is 0 Å². The van der Waals surface area contributed by atoms with Gasteiger partial charge in [0.1, 0.15) is 0 Å². The van der Waals surface area contributed by atoms with Crippen LogP contribution in [-0.4, -0.2) is 23.7 Å². The number of carboxylic acids is 1. The molecule has 3 unspecified atom stereocenters. The Labute approximate surface area is 134 Å². The van der Waals surface area contributed by atoms with Crippen LogP contribution in [0, 0.1) is 17.8 Å². The largest absolute Gasteiger partial charge is 0.481 e. The van der Waals surface area contributed by atoms with E-state index in [1.807, 2.05) is 0 Å². The second kappa shape index (κ2) is 8.33. The fourth-order valence-corrected chi connectivity index (χ4v) is 3.54. The molecular weight excluding hydrogens is 274 g/mol. The van der Waals surface area contributed by atoms with Crippen LogP contribution in [0.2, 0.25) is 0 Å². The summed E-state index contributed by atoms with van der Waals surface area (Å²) < 4.78 is 0. The van der Waals surface area contributed by atoms with Crippen molar-refractivity contribution in [3.8, 4) is 0 Å². The van der Waals surface area contributed by atoms with E-state index in [0.29, 0.717) is 18.5 Å². The van der Waals surface area contributed by atoms with E-state index in [0.717, 1.165) is 18.8 Å². The number of nitrogens with one attached hydrogen (secondary N) is 1. The molecule has 0 aliphatic heterocycles. The van der Waals surface area contributed by atoms with E-state index < -0.39 is 5.97 Å². The molecule has 2 N–H and O–H groups in total. The summed E-state index contributed by atoms with van der Waals surface area (Å²) in [4.78, 5) is 11.3. The van der Waals surface area contributed by atoms with Crippen molar-refractivity contribution in [1.29, 1.82) is 0 Å². The molecule has 1 aliphatic rings. The Morgan fingerprint density at radius 1 is 1.27 bits per heavy atom. The predicted octanol–water partition coefficient (Wildman–Crippen LogP) is 3.73. The molecule has 1 aromatic rings. The van der Waals surface area contributed by atoms with Gasteiger partial charge in [-0.3, -0.25) is 4.79 Å². The van der Waals surface area contributed by atoms with Gasteiger partial charge in [-0.2, -0.15) is 0 Å². The quantitative estimate of drug-likeness (QED) is 0.769. The first kappa shape index (κ1) is 17.0. The Balaban J connectivity index is 1.75. The molecule has 0 radical (unpaired) electrons. The maximum absolute atomic E-state index is 11.3. The van der Waals surface area contributed by atoms with Crippen LogP contribution in [0.4, 0.5) is 0 Å². The van der Waals surface area contributed by atoms with Crippen molar-refractivity contribution < 1.29 is 9.90 Å². The molecule has 0 aromatic heterocycles. The highest BCUT2D eigenvalue weighted by atomic mass is 16.4. The topological polar surface area (TPSA) is 49.3 Å². The Bertz CT molecular complexity index is 458. The van der Waals surface area contributed by atoms with Crippen molar-refractivity contribution >= 4 is 5.97 Å². The molecule has 1 aliphatic carbocycles. The molecule has 0 amide bonds. The number of hydrogen-bond acceptors (Lipinski definition) is 2. The Kier molecular flexibility index (Phi) is 6.44. The summed E-state index contributed by atoms with van der Waals surface area (Å²) in [5.74, 6) is 0.235. The molecular formula is C19H29NO2. The first-order valence-corrected chi connectivity index (χ1v) is 8.54. The highest BCUT2D eigenvalue weighted by molar-refractivity contribution is 5.70. The number of benzene rings is 1. The maximum atomic E-state index is 11.3. The molecule has 1 fully saturated rings. The van der Waals surface area contributed by atoms with Gasteiger partial charge in [0.25, 0.3) is 0 Å². The summed E-state index contributed by atoms with van der Waals surface area (Å²) in [7, 11) is 0. The Hall–Kier alpha value is -1.35. The first-order chi connectivity index (χ1) is 10.5. The molecule has 22 heavy (non-hydrogen) atoms. The zero-order valence-electron chi connectivity index (χ0n) is 13.8. The minimum atomic E-state index is -0.667. The zero-order valence-corrected chi connectivity index (χ0v) is 13.8. The monoisotopic (exact) mass is 303 g/mol. The van der Waals surface area contributed by atoms with Gasteiger partial charge in [0, 0.05) is 12.6 Å². The summed E-state index contributed by atoms with van der Waals surface area (Å²) in [5, 5.41) is 12.8. The van der Waals surface area contributed by atoms with E-state index in [4.69, 9.17) is 0 Å². The molecule has 0 heterocycles. The van der Waals surface area contributed by atoms with E-state index in [1.54, 1.807) is 0 Å². The van der Waals surface area contributed by atoms with Gasteiger partial charge in [0.15, 0.2) is 0 Å². The lowest BCUT2D eigenvalue weighted by atomic mass is 9.96. The normalized spacial score (nSPS) is 22.9. The van der Waals surface area contributed by atoms with Gasteiger partial charge >= 0.3 is 5.97 Å². The molecule has 1 aromatic carbocycles. The van der Waals surface area contributed by atoms with Crippen LogP contribution in [0.1, 0.15) is 45.1 Å². The van der Waals surface area contributed by atoms with Crippen LogP contribution >= 0.6 is 0 Å². The maximum Gasteiger partial charge on any atom is 0.307 e. The molecule has 0 saturated heterocycles. The Morgan fingerprint density at radius 2 is 2.00 bits per heavy atom. The number of hydrogen-bond donors (Lipinski definition) is 2. The van der Waals surface area contributed by atoms with E-state index in [9.17, 15) is 9.90 Å². The molecule has 3 heteroatoms. The highest BCUT2D eigenvalue weighted by Crippen LogP contribution is 2.29. The van der Waals surface area contributed by atoms with Gasteiger partial charge < -0.3 is 10.4 Å². The lowest BCUT2D eigenvalue weighted by molar-refractivity contribution is -0.142. The number of aliphatic carboxylic acids is 1. The van der Waals surface area contributed by atoms with Crippen molar-refractivity contribution in [1.82, 2.24) is 5.32 Å². The van der Waals surface area contributed by atoms with Gasteiger partial charge in [-0.15, -0.1) is 0 Å². The van der Waals surface area contributed by atoms with Crippen molar-refractivity contribution in [2.75, 3.05) is 6.54 Å². The second-order valence-electron chi connectivity index (χ2n) is 7.14. The second-order valence-corrected chi connectivity index (χ2v) is 7.14. The molecule has 1 saturated carbocycles. The van der Waals surface area contributed by atoms with Gasteiger partial charge in [-0.05, 0) is 49.5 Å². The van der Waals surface area contributed by atoms with Gasteiger partial charge in [-0.1, -0.05) is 44.2 Å². The number of rotatable bonds is 8. The molecule has 0 spiro atoms. The summed E-state index contributed by atoms with van der Waals surface area (Å²) in [6, 6.07) is 11.1. The minimum Gasteiger partial charge on any atom is -0.481 e. The number of carbonyl (C=O) groups is 1. The third-order valence-corrected chi connectivity index (χ3v) is 4.67. The first-order valence-electron chi connectivity index (χ1n) is 8.54. The summed E-state index contributed by atoms with van der Waals surface area (Å²) in [5.41, 5.74) is 1.41. The fourth-order valence-electron chi connectivity index (χ4n) is 3.54. The summed E-state index contributed by atoms with van der Waals surface area (Å²) in [6.07, 6.45) is 5.48. The lowest BCUT2D eigenvalue weighted by Crippen LogP contribution is -2.35. The highest BCUT2D eigenvalue weighted by Gasteiger charge is 2.26. The number of carboxylic acid groups (broad SMARTS) is 1. The molecule has 0 bridgehead atoms. The third-order valence-electron chi connectivity index (χ3n) is 4.67.